The van der Waals surface area contributed by atoms with Gasteiger partial charge in [0.25, 0.3) is 0 Å². The van der Waals surface area contributed by atoms with Crippen molar-refractivity contribution in [3.05, 3.63) is 24.3 Å². The number of carbonyl (C=O) groups is 3. The number of hydrogen-bond donors (Lipinski definition) is 3. The molecule has 0 aliphatic carbocycles. The molecule has 1 saturated heterocycles. The first kappa shape index (κ1) is 21.7. The Bertz CT molecular complexity index is 704. The van der Waals surface area contributed by atoms with Gasteiger partial charge in [-0.15, -0.1) is 0 Å². The molecule has 1 fully saturated rings. The van der Waals surface area contributed by atoms with Crippen molar-refractivity contribution in [2.45, 2.75) is 39.3 Å². The molecule has 154 valence electrons. The van der Waals surface area contributed by atoms with E-state index in [1.807, 2.05) is 13.8 Å². The summed E-state index contributed by atoms with van der Waals surface area (Å²) in [7, 11) is 1.57. The number of aliphatic hydroxyl groups is 1. The number of hydrogen-bond acceptors (Lipinski definition) is 5. The second kappa shape index (κ2) is 9.54. The third-order valence-electron chi connectivity index (χ3n) is 4.79. The summed E-state index contributed by atoms with van der Waals surface area (Å²) in [5.41, 5.74) is 0.705. The smallest absolute Gasteiger partial charge is 0.243 e. The van der Waals surface area contributed by atoms with Gasteiger partial charge in [0.2, 0.25) is 17.7 Å². The maximum Gasteiger partial charge on any atom is 0.243 e. The van der Waals surface area contributed by atoms with Crippen LogP contribution in [0, 0.1) is 11.8 Å². The molecule has 1 aliphatic rings. The van der Waals surface area contributed by atoms with Crippen LogP contribution >= 0.6 is 0 Å². The van der Waals surface area contributed by atoms with Crippen molar-refractivity contribution in [2.75, 3.05) is 25.2 Å². The van der Waals surface area contributed by atoms with Gasteiger partial charge in [0.05, 0.1) is 19.6 Å². The zero-order chi connectivity index (χ0) is 20.8. The minimum atomic E-state index is -0.730. The van der Waals surface area contributed by atoms with Gasteiger partial charge in [0.15, 0.2) is 0 Å². The number of amides is 3. The lowest BCUT2D eigenvalue weighted by atomic mass is 10.0. The highest BCUT2D eigenvalue weighted by Gasteiger charge is 2.37. The van der Waals surface area contributed by atoms with Crippen LogP contribution < -0.4 is 20.3 Å². The van der Waals surface area contributed by atoms with Gasteiger partial charge in [-0.05, 0) is 37.1 Å². The Labute approximate surface area is 165 Å². The quantitative estimate of drug-likeness (QED) is 0.604. The van der Waals surface area contributed by atoms with Crippen molar-refractivity contribution in [1.29, 1.82) is 0 Å². The van der Waals surface area contributed by atoms with Crippen LogP contribution in [0.4, 0.5) is 5.69 Å². The average Bonchev–Trinajstić information content (AvgIpc) is 3.07. The first-order valence-electron chi connectivity index (χ1n) is 9.42. The van der Waals surface area contributed by atoms with E-state index in [9.17, 15) is 14.4 Å². The van der Waals surface area contributed by atoms with Gasteiger partial charge in [-0.3, -0.25) is 14.4 Å². The van der Waals surface area contributed by atoms with Crippen LogP contribution in [0.15, 0.2) is 24.3 Å². The molecule has 3 amide bonds. The Hall–Kier alpha value is -2.61. The number of anilines is 1. The molecule has 0 bridgehead atoms. The topological polar surface area (TPSA) is 108 Å². The number of aliphatic hydroxyl groups excluding tert-OH is 1. The Kier molecular flexibility index (Phi) is 7.39. The molecular weight excluding hydrogens is 362 g/mol. The minimum absolute atomic E-state index is 0.0946. The largest absolute Gasteiger partial charge is 0.497 e. The lowest BCUT2D eigenvalue weighted by Crippen LogP contribution is -2.53. The van der Waals surface area contributed by atoms with E-state index in [0.717, 1.165) is 0 Å². The summed E-state index contributed by atoms with van der Waals surface area (Å²) < 4.78 is 5.12. The van der Waals surface area contributed by atoms with Crippen LogP contribution in [0.1, 0.15) is 27.2 Å². The molecule has 28 heavy (non-hydrogen) atoms. The van der Waals surface area contributed by atoms with Crippen molar-refractivity contribution < 1.29 is 24.2 Å². The number of rotatable bonds is 8. The van der Waals surface area contributed by atoms with Crippen LogP contribution in [0.2, 0.25) is 0 Å². The Balaban J connectivity index is 2.03. The summed E-state index contributed by atoms with van der Waals surface area (Å²) >= 11 is 0. The van der Waals surface area contributed by atoms with Gasteiger partial charge in [-0.25, -0.2) is 0 Å². The van der Waals surface area contributed by atoms with E-state index >= 15 is 0 Å². The van der Waals surface area contributed by atoms with E-state index in [2.05, 4.69) is 10.6 Å². The monoisotopic (exact) mass is 391 g/mol. The molecule has 1 unspecified atom stereocenters. The molecule has 2 rings (SSSR count). The van der Waals surface area contributed by atoms with Gasteiger partial charge in [-0.1, -0.05) is 13.8 Å². The lowest BCUT2D eigenvalue weighted by molar-refractivity contribution is -0.132. The molecule has 3 N–H and O–H groups in total. The van der Waals surface area contributed by atoms with E-state index in [1.165, 1.54) is 0 Å². The maximum atomic E-state index is 12.7. The molecule has 8 heteroatoms. The zero-order valence-electron chi connectivity index (χ0n) is 16.8. The van der Waals surface area contributed by atoms with Crippen LogP contribution in [0.3, 0.4) is 0 Å². The van der Waals surface area contributed by atoms with Gasteiger partial charge in [0.1, 0.15) is 11.8 Å². The molecule has 0 spiro atoms. The predicted molar refractivity (Wildman–Crippen MR) is 105 cm³/mol. The molecule has 3 atom stereocenters. The van der Waals surface area contributed by atoms with Crippen molar-refractivity contribution in [3.63, 3.8) is 0 Å². The first-order chi connectivity index (χ1) is 13.3. The summed E-state index contributed by atoms with van der Waals surface area (Å²) in [6.45, 7) is 5.42. The Morgan fingerprint density at radius 3 is 2.39 bits per heavy atom. The fourth-order valence-corrected chi connectivity index (χ4v) is 3.08. The minimum Gasteiger partial charge on any atom is -0.497 e. The summed E-state index contributed by atoms with van der Waals surface area (Å²) in [6.07, 6.45) is 0.0946. The molecule has 1 aromatic carbocycles. The van der Waals surface area contributed by atoms with E-state index in [4.69, 9.17) is 9.84 Å². The van der Waals surface area contributed by atoms with Crippen LogP contribution in [-0.2, 0) is 14.4 Å². The van der Waals surface area contributed by atoms with E-state index in [0.29, 0.717) is 11.4 Å². The number of ether oxygens (including phenoxy) is 1. The van der Waals surface area contributed by atoms with E-state index in [1.54, 1.807) is 43.2 Å². The third-order valence-corrected chi connectivity index (χ3v) is 4.79. The number of nitrogens with one attached hydrogen (secondary N) is 2. The fourth-order valence-electron chi connectivity index (χ4n) is 3.08. The van der Waals surface area contributed by atoms with Crippen molar-refractivity contribution in [1.82, 2.24) is 10.6 Å². The molecule has 1 aromatic rings. The van der Waals surface area contributed by atoms with Gasteiger partial charge >= 0.3 is 0 Å². The molecule has 8 nitrogen and oxygen atoms in total. The highest BCUT2D eigenvalue weighted by Crippen LogP contribution is 2.27. The fraction of sp³-hybridized carbons (Fsp3) is 0.550. The number of methoxy groups -OCH3 is 1. The molecule has 0 saturated carbocycles. The molecule has 0 aromatic heterocycles. The number of benzene rings is 1. The third kappa shape index (κ3) is 5.22. The van der Waals surface area contributed by atoms with Gasteiger partial charge in [-0.2, -0.15) is 0 Å². The predicted octanol–water partition coefficient (Wildman–Crippen LogP) is 0.686. The number of nitrogens with zero attached hydrogens (tertiary/aromatic N) is 1. The van der Waals surface area contributed by atoms with E-state index in [-0.39, 0.29) is 43.2 Å². The molecular formula is C20H29N3O5. The standard InChI is InChI=1S/C20H29N3O5/c1-12(2)18(20(27)21-13(3)11-24)22-19(26)14-9-17(25)23(10-14)15-5-7-16(28-4)8-6-15/h5-8,12-14,18,24H,9-11H2,1-4H3,(H,21,27)(H,22,26)/t13-,14?,18-/m0/s1. The average molecular weight is 391 g/mol. The van der Waals surface area contributed by atoms with E-state index < -0.39 is 18.0 Å². The summed E-state index contributed by atoms with van der Waals surface area (Å²) in [5, 5.41) is 14.5. The maximum absolute atomic E-state index is 12.7. The SMILES string of the molecule is COc1ccc(N2CC(C(=O)N[C@H](C(=O)N[C@@H](C)CO)C(C)C)CC2=O)cc1. The second-order valence-corrected chi connectivity index (χ2v) is 7.43. The molecule has 0 radical (unpaired) electrons. The Morgan fingerprint density at radius 1 is 1.21 bits per heavy atom. The zero-order valence-corrected chi connectivity index (χ0v) is 16.8. The normalized spacial score (nSPS) is 18.7. The van der Waals surface area contributed by atoms with Crippen molar-refractivity contribution in [3.8, 4) is 5.75 Å². The lowest BCUT2D eigenvalue weighted by Gasteiger charge is -2.25. The second-order valence-electron chi connectivity index (χ2n) is 7.43. The van der Waals surface area contributed by atoms with Crippen molar-refractivity contribution >= 4 is 23.4 Å². The summed E-state index contributed by atoms with van der Waals surface area (Å²) in [5.74, 6) is -0.781. The summed E-state index contributed by atoms with van der Waals surface area (Å²) in [6, 6.07) is 5.94. The summed E-state index contributed by atoms with van der Waals surface area (Å²) in [4.78, 5) is 39.1. The molecule has 1 aliphatic heterocycles. The van der Waals surface area contributed by atoms with Crippen LogP contribution in [0.5, 0.6) is 5.75 Å². The van der Waals surface area contributed by atoms with Crippen molar-refractivity contribution in [2.24, 2.45) is 11.8 Å². The highest BCUT2D eigenvalue weighted by atomic mass is 16.5. The molecule has 1 heterocycles. The van der Waals surface area contributed by atoms with Gasteiger partial charge < -0.3 is 25.4 Å². The first-order valence-corrected chi connectivity index (χ1v) is 9.42. The van der Waals surface area contributed by atoms with Crippen LogP contribution in [-0.4, -0.2) is 55.2 Å². The Morgan fingerprint density at radius 2 is 1.86 bits per heavy atom. The van der Waals surface area contributed by atoms with Crippen LogP contribution in [0.25, 0.3) is 0 Å². The van der Waals surface area contributed by atoms with Gasteiger partial charge in [0, 0.05) is 24.7 Å². The number of carbonyl (C=O) groups excluding carboxylic acids is 3. The highest BCUT2D eigenvalue weighted by molar-refractivity contribution is 6.01.